The van der Waals surface area contributed by atoms with Gasteiger partial charge in [-0.1, -0.05) is 6.07 Å². The molecule has 1 amide bonds. The molecule has 0 radical (unpaired) electrons. The predicted molar refractivity (Wildman–Crippen MR) is 92.3 cm³/mol. The van der Waals surface area contributed by atoms with E-state index in [0.29, 0.717) is 12.2 Å². The Hall–Kier alpha value is -3.00. The molecule has 1 unspecified atom stereocenters. The number of rotatable bonds is 4. The SMILES string of the molecule is O=C(Cn1cnccc1=O)N1N=C(c2ccco2)CC1c1cccs1. The van der Waals surface area contributed by atoms with Gasteiger partial charge >= 0.3 is 0 Å². The van der Waals surface area contributed by atoms with Gasteiger partial charge in [-0.15, -0.1) is 11.3 Å². The minimum atomic E-state index is -0.273. The van der Waals surface area contributed by atoms with Crippen molar-refractivity contribution in [3.8, 4) is 0 Å². The number of carbonyl (C=O) groups is 1. The van der Waals surface area contributed by atoms with Crippen LogP contribution in [0.4, 0.5) is 0 Å². The summed E-state index contributed by atoms with van der Waals surface area (Å²) >= 11 is 1.57. The topological polar surface area (TPSA) is 80.7 Å². The van der Waals surface area contributed by atoms with E-state index >= 15 is 0 Å². The summed E-state index contributed by atoms with van der Waals surface area (Å²) in [6.45, 7) is -0.108. The Bertz CT molecular complexity index is 960. The van der Waals surface area contributed by atoms with Crippen LogP contribution in [-0.2, 0) is 11.3 Å². The summed E-state index contributed by atoms with van der Waals surface area (Å²) in [7, 11) is 0. The largest absolute Gasteiger partial charge is 0.463 e. The van der Waals surface area contributed by atoms with Gasteiger partial charge < -0.3 is 4.42 Å². The highest BCUT2D eigenvalue weighted by atomic mass is 32.1. The third-order valence-corrected chi connectivity index (χ3v) is 4.91. The maximum atomic E-state index is 12.8. The molecule has 25 heavy (non-hydrogen) atoms. The molecule has 0 bridgehead atoms. The summed E-state index contributed by atoms with van der Waals surface area (Å²) in [5, 5.41) is 7.89. The first-order valence-electron chi connectivity index (χ1n) is 7.69. The molecule has 4 heterocycles. The molecule has 0 saturated carbocycles. The van der Waals surface area contributed by atoms with Crippen LogP contribution in [0.2, 0.25) is 0 Å². The van der Waals surface area contributed by atoms with E-state index in [1.54, 1.807) is 23.7 Å². The standard InChI is InChI=1S/C17H14N4O3S/c22-16-5-6-18-11-20(16)10-17(23)21-13(15-4-2-8-25-15)9-12(19-21)14-3-1-7-24-14/h1-8,11,13H,9-10H2. The quantitative estimate of drug-likeness (QED) is 0.720. The van der Waals surface area contributed by atoms with Crippen LogP contribution in [0, 0.1) is 0 Å². The normalized spacial score (nSPS) is 16.9. The Balaban J connectivity index is 1.64. The maximum Gasteiger partial charge on any atom is 0.263 e. The number of hydrogen-bond acceptors (Lipinski definition) is 6. The van der Waals surface area contributed by atoms with Crippen molar-refractivity contribution in [1.82, 2.24) is 14.6 Å². The second kappa shape index (κ2) is 6.48. The van der Waals surface area contributed by atoms with Crippen molar-refractivity contribution in [3.63, 3.8) is 0 Å². The van der Waals surface area contributed by atoms with Crippen LogP contribution in [0.1, 0.15) is 23.1 Å². The van der Waals surface area contributed by atoms with E-state index in [1.807, 2.05) is 23.6 Å². The molecule has 1 aliphatic rings. The summed E-state index contributed by atoms with van der Waals surface area (Å²) < 4.78 is 6.69. The minimum Gasteiger partial charge on any atom is -0.463 e. The Labute approximate surface area is 146 Å². The number of furan rings is 1. The number of nitrogens with zero attached hydrogens (tertiary/aromatic N) is 4. The van der Waals surface area contributed by atoms with E-state index in [2.05, 4.69) is 10.1 Å². The summed E-state index contributed by atoms with van der Waals surface area (Å²) in [6, 6.07) is 8.67. The molecule has 8 heteroatoms. The Morgan fingerprint density at radius 3 is 2.96 bits per heavy atom. The summed E-state index contributed by atoms with van der Waals surface area (Å²) in [5.74, 6) is 0.380. The van der Waals surface area contributed by atoms with Crippen molar-refractivity contribution in [1.29, 1.82) is 0 Å². The molecular formula is C17H14N4O3S. The lowest BCUT2D eigenvalue weighted by Gasteiger charge is -2.20. The fourth-order valence-electron chi connectivity index (χ4n) is 2.75. The molecule has 0 aromatic carbocycles. The van der Waals surface area contributed by atoms with Crippen LogP contribution >= 0.6 is 11.3 Å². The van der Waals surface area contributed by atoms with E-state index in [-0.39, 0.29) is 24.1 Å². The Kier molecular flexibility index (Phi) is 4.02. The van der Waals surface area contributed by atoms with Crippen LogP contribution in [0.15, 0.2) is 68.8 Å². The lowest BCUT2D eigenvalue weighted by atomic mass is 10.1. The van der Waals surface area contributed by atoms with Gasteiger partial charge in [-0.05, 0) is 23.6 Å². The van der Waals surface area contributed by atoms with E-state index in [4.69, 9.17) is 4.42 Å². The smallest absolute Gasteiger partial charge is 0.263 e. The number of carbonyl (C=O) groups excluding carboxylic acids is 1. The minimum absolute atomic E-state index is 0.108. The van der Waals surface area contributed by atoms with Crippen molar-refractivity contribution < 1.29 is 9.21 Å². The van der Waals surface area contributed by atoms with Crippen molar-refractivity contribution >= 4 is 23.0 Å². The average molecular weight is 354 g/mol. The van der Waals surface area contributed by atoms with Crippen LogP contribution < -0.4 is 5.56 Å². The molecular weight excluding hydrogens is 340 g/mol. The monoisotopic (exact) mass is 354 g/mol. The fourth-order valence-corrected chi connectivity index (χ4v) is 3.56. The molecule has 126 valence electrons. The molecule has 0 saturated heterocycles. The van der Waals surface area contributed by atoms with Crippen molar-refractivity contribution in [3.05, 3.63) is 75.5 Å². The molecule has 3 aromatic heterocycles. The number of amides is 1. The summed E-state index contributed by atoms with van der Waals surface area (Å²) in [5.41, 5.74) is 0.445. The second-order valence-electron chi connectivity index (χ2n) is 5.54. The third-order valence-electron chi connectivity index (χ3n) is 3.94. The van der Waals surface area contributed by atoms with Crippen LogP contribution in [0.3, 0.4) is 0 Å². The highest BCUT2D eigenvalue weighted by Crippen LogP contribution is 2.35. The van der Waals surface area contributed by atoms with Crippen LogP contribution in [0.5, 0.6) is 0 Å². The number of thiophene rings is 1. The van der Waals surface area contributed by atoms with Crippen LogP contribution in [-0.4, -0.2) is 26.2 Å². The van der Waals surface area contributed by atoms with Crippen molar-refractivity contribution in [2.75, 3.05) is 0 Å². The van der Waals surface area contributed by atoms with Gasteiger partial charge in [-0.3, -0.25) is 14.2 Å². The number of aromatic nitrogens is 2. The lowest BCUT2D eigenvalue weighted by Crippen LogP contribution is -2.33. The highest BCUT2D eigenvalue weighted by molar-refractivity contribution is 7.10. The zero-order valence-electron chi connectivity index (χ0n) is 13.1. The number of hydrogen-bond donors (Lipinski definition) is 0. The van der Waals surface area contributed by atoms with Gasteiger partial charge in [-0.2, -0.15) is 5.10 Å². The lowest BCUT2D eigenvalue weighted by molar-refractivity contribution is -0.133. The van der Waals surface area contributed by atoms with Gasteiger partial charge in [0.05, 0.1) is 18.6 Å². The molecule has 4 rings (SSSR count). The van der Waals surface area contributed by atoms with E-state index in [9.17, 15) is 9.59 Å². The summed E-state index contributed by atoms with van der Waals surface area (Å²) in [6.07, 6.45) is 4.91. The first-order chi connectivity index (χ1) is 12.2. The van der Waals surface area contributed by atoms with Crippen molar-refractivity contribution in [2.45, 2.75) is 19.0 Å². The molecule has 0 fully saturated rings. The first-order valence-corrected chi connectivity index (χ1v) is 8.57. The molecule has 1 aliphatic heterocycles. The first kappa shape index (κ1) is 15.5. The van der Waals surface area contributed by atoms with Crippen LogP contribution in [0.25, 0.3) is 0 Å². The molecule has 7 nitrogen and oxygen atoms in total. The van der Waals surface area contributed by atoms with Gasteiger partial charge in [0.2, 0.25) is 0 Å². The maximum absolute atomic E-state index is 12.8. The zero-order valence-corrected chi connectivity index (χ0v) is 13.9. The van der Waals surface area contributed by atoms with Crippen molar-refractivity contribution in [2.24, 2.45) is 5.10 Å². The van der Waals surface area contributed by atoms with Gasteiger partial charge in [-0.25, -0.2) is 9.99 Å². The van der Waals surface area contributed by atoms with Gasteiger partial charge in [0.15, 0.2) is 0 Å². The Morgan fingerprint density at radius 1 is 1.32 bits per heavy atom. The number of hydrazone groups is 1. The summed E-state index contributed by atoms with van der Waals surface area (Å²) in [4.78, 5) is 29.6. The molecule has 0 aliphatic carbocycles. The molecule has 3 aromatic rings. The second-order valence-corrected chi connectivity index (χ2v) is 6.52. The van der Waals surface area contributed by atoms with Gasteiger partial charge in [0.25, 0.3) is 11.5 Å². The van der Waals surface area contributed by atoms with Gasteiger partial charge in [0.1, 0.15) is 18.0 Å². The molecule has 1 atom stereocenters. The van der Waals surface area contributed by atoms with E-state index < -0.39 is 0 Å². The third kappa shape index (κ3) is 3.03. The highest BCUT2D eigenvalue weighted by Gasteiger charge is 2.34. The average Bonchev–Trinajstić information content (AvgIpc) is 3.36. The molecule has 0 spiro atoms. The Morgan fingerprint density at radius 2 is 2.24 bits per heavy atom. The fraction of sp³-hybridized carbons (Fsp3) is 0.176. The zero-order chi connectivity index (χ0) is 17.2. The molecule has 0 N–H and O–H groups in total. The van der Waals surface area contributed by atoms with Gasteiger partial charge in [0, 0.05) is 23.6 Å². The van der Waals surface area contributed by atoms with E-state index in [1.165, 1.54) is 28.2 Å². The predicted octanol–water partition coefficient (Wildman–Crippen LogP) is 2.28. The van der Waals surface area contributed by atoms with E-state index in [0.717, 1.165) is 10.6 Å².